The maximum atomic E-state index is 12.3. The number of hydrogen-bond donors (Lipinski definition) is 2. The van der Waals surface area contributed by atoms with Gasteiger partial charge in [-0.3, -0.25) is 4.79 Å². The van der Waals surface area contributed by atoms with Crippen LogP contribution in [-0.2, 0) is 16.1 Å². The van der Waals surface area contributed by atoms with Crippen molar-refractivity contribution in [1.82, 2.24) is 5.32 Å². The Labute approximate surface area is 136 Å². The number of carbonyl (C=O) groups is 1. The van der Waals surface area contributed by atoms with E-state index in [1.165, 1.54) is 10.8 Å². The van der Waals surface area contributed by atoms with E-state index in [2.05, 4.69) is 29.6 Å². The predicted molar refractivity (Wildman–Crippen MR) is 90.0 cm³/mol. The van der Waals surface area contributed by atoms with Crippen molar-refractivity contribution < 1.29 is 9.53 Å². The Hall–Kier alpha value is -1.62. The van der Waals surface area contributed by atoms with Gasteiger partial charge in [0.1, 0.15) is 0 Å². The molecule has 0 radical (unpaired) electrons. The molecule has 0 spiro atoms. The van der Waals surface area contributed by atoms with Gasteiger partial charge < -0.3 is 15.8 Å². The van der Waals surface area contributed by atoms with Gasteiger partial charge in [-0.2, -0.15) is 0 Å². The minimum atomic E-state index is -0.783. The van der Waals surface area contributed by atoms with Crippen LogP contribution < -0.4 is 11.1 Å². The number of halogens is 1. The summed E-state index contributed by atoms with van der Waals surface area (Å²) < 4.78 is 5.27. The summed E-state index contributed by atoms with van der Waals surface area (Å²) in [6.45, 7) is 1.61. The summed E-state index contributed by atoms with van der Waals surface area (Å²) in [7, 11) is 0. The fourth-order valence-electron chi connectivity index (χ4n) is 2.67. The normalized spacial score (nSPS) is 16.8. The molecule has 1 aliphatic heterocycles. The Kier molecular flexibility index (Phi) is 5.40. The van der Waals surface area contributed by atoms with Crippen LogP contribution in [0.2, 0.25) is 0 Å². The topological polar surface area (TPSA) is 64.4 Å². The number of nitrogens with two attached hydrogens (primary N) is 1. The Bertz CT molecular complexity index is 654. The molecule has 4 nitrogen and oxygen atoms in total. The maximum absolute atomic E-state index is 12.3. The zero-order chi connectivity index (χ0) is 14.7. The summed E-state index contributed by atoms with van der Waals surface area (Å²) >= 11 is 0. The third kappa shape index (κ3) is 3.58. The number of rotatable bonds is 3. The Balaban J connectivity index is 0.00000176. The van der Waals surface area contributed by atoms with Crippen molar-refractivity contribution >= 4 is 29.1 Å². The van der Waals surface area contributed by atoms with Crippen LogP contribution in [0.15, 0.2) is 42.5 Å². The molecule has 1 saturated heterocycles. The van der Waals surface area contributed by atoms with Crippen LogP contribution in [0.3, 0.4) is 0 Å². The summed E-state index contributed by atoms with van der Waals surface area (Å²) in [5, 5.41) is 5.33. The minimum absolute atomic E-state index is 0. The lowest BCUT2D eigenvalue weighted by atomic mass is 9.90. The molecule has 1 amide bonds. The number of amides is 1. The van der Waals surface area contributed by atoms with Gasteiger partial charge in [0.25, 0.3) is 0 Å². The first-order valence-electron chi connectivity index (χ1n) is 7.30. The van der Waals surface area contributed by atoms with E-state index >= 15 is 0 Å². The summed E-state index contributed by atoms with van der Waals surface area (Å²) in [6.07, 6.45) is 1.16. The van der Waals surface area contributed by atoms with Gasteiger partial charge in [0.15, 0.2) is 0 Å². The Morgan fingerprint density at radius 2 is 1.82 bits per heavy atom. The highest BCUT2D eigenvalue weighted by Crippen LogP contribution is 2.19. The molecule has 2 aromatic rings. The molecule has 5 heteroatoms. The molecule has 0 aromatic heterocycles. The quantitative estimate of drug-likeness (QED) is 0.912. The lowest BCUT2D eigenvalue weighted by Gasteiger charge is -2.31. The van der Waals surface area contributed by atoms with Gasteiger partial charge in [0.2, 0.25) is 5.91 Å². The summed E-state index contributed by atoms with van der Waals surface area (Å²) in [4.78, 5) is 12.3. The van der Waals surface area contributed by atoms with Crippen LogP contribution in [-0.4, -0.2) is 24.7 Å². The molecule has 1 heterocycles. The molecular weight excluding hydrogens is 300 g/mol. The van der Waals surface area contributed by atoms with Crippen molar-refractivity contribution in [2.24, 2.45) is 5.73 Å². The smallest absolute Gasteiger partial charge is 0.240 e. The van der Waals surface area contributed by atoms with Crippen molar-refractivity contribution in [1.29, 1.82) is 0 Å². The van der Waals surface area contributed by atoms with Crippen LogP contribution in [0.5, 0.6) is 0 Å². The highest BCUT2D eigenvalue weighted by atomic mass is 35.5. The van der Waals surface area contributed by atoms with Gasteiger partial charge in [-0.25, -0.2) is 0 Å². The minimum Gasteiger partial charge on any atom is -0.381 e. The standard InChI is InChI=1S/C17H20N2O2.ClH/c18-17(7-9-21-10-8-17)16(20)19-12-13-5-6-14-3-1-2-4-15(14)11-13;/h1-6,11H,7-10,12,18H2,(H,19,20);1H. The predicted octanol–water partition coefficient (Wildman–Crippen LogP) is 2.39. The average molecular weight is 321 g/mol. The Morgan fingerprint density at radius 3 is 2.55 bits per heavy atom. The zero-order valence-corrected chi connectivity index (χ0v) is 13.2. The molecular formula is C17H21ClN2O2. The summed E-state index contributed by atoms with van der Waals surface area (Å²) in [5.41, 5.74) is 6.46. The summed E-state index contributed by atoms with van der Waals surface area (Å²) in [6, 6.07) is 14.4. The van der Waals surface area contributed by atoms with Gasteiger partial charge in [0.05, 0.1) is 5.54 Å². The van der Waals surface area contributed by atoms with Crippen molar-refractivity contribution in [3.8, 4) is 0 Å². The van der Waals surface area contributed by atoms with E-state index in [1.54, 1.807) is 0 Å². The van der Waals surface area contributed by atoms with Crippen LogP contribution >= 0.6 is 12.4 Å². The molecule has 0 saturated carbocycles. The van der Waals surface area contributed by atoms with Crippen molar-refractivity contribution in [2.45, 2.75) is 24.9 Å². The number of benzene rings is 2. The van der Waals surface area contributed by atoms with E-state index in [1.807, 2.05) is 18.2 Å². The van der Waals surface area contributed by atoms with E-state index in [9.17, 15) is 4.79 Å². The van der Waals surface area contributed by atoms with Gasteiger partial charge in [-0.05, 0) is 35.2 Å². The number of fused-ring (bicyclic) bond motifs is 1. The van der Waals surface area contributed by atoms with Gasteiger partial charge in [-0.15, -0.1) is 12.4 Å². The van der Waals surface area contributed by atoms with Crippen LogP contribution in [0.4, 0.5) is 0 Å². The maximum Gasteiger partial charge on any atom is 0.240 e. The molecule has 0 unspecified atom stereocenters. The lowest BCUT2D eigenvalue weighted by Crippen LogP contribution is -2.56. The molecule has 2 aromatic carbocycles. The lowest BCUT2D eigenvalue weighted by molar-refractivity contribution is -0.129. The molecule has 118 valence electrons. The zero-order valence-electron chi connectivity index (χ0n) is 12.4. The molecule has 1 aliphatic rings. The highest BCUT2D eigenvalue weighted by Gasteiger charge is 2.35. The van der Waals surface area contributed by atoms with Gasteiger partial charge >= 0.3 is 0 Å². The van der Waals surface area contributed by atoms with Crippen molar-refractivity contribution in [2.75, 3.05) is 13.2 Å². The van der Waals surface area contributed by atoms with E-state index in [0.717, 1.165) is 5.56 Å². The SMILES string of the molecule is Cl.NC1(C(=O)NCc2ccc3ccccc3c2)CCOCC1. The van der Waals surface area contributed by atoms with Gasteiger partial charge in [-0.1, -0.05) is 36.4 Å². The fraction of sp³-hybridized carbons (Fsp3) is 0.353. The molecule has 0 atom stereocenters. The second-order valence-electron chi connectivity index (χ2n) is 5.63. The van der Waals surface area contributed by atoms with Crippen LogP contribution in [0.25, 0.3) is 10.8 Å². The van der Waals surface area contributed by atoms with E-state index in [-0.39, 0.29) is 18.3 Å². The number of carbonyl (C=O) groups excluding carboxylic acids is 1. The van der Waals surface area contributed by atoms with Crippen LogP contribution in [0, 0.1) is 0 Å². The van der Waals surface area contributed by atoms with Gasteiger partial charge in [0, 0.05) is 19.8 Å². The average Bonchev–Trinajstić information content (AvgIpc) is 2.53. The van der Waals surface area contributed by atoms with Crippen molar-refractivity contribution in [3.05, 3.63) is 48.0 Å². The Morgan fingerprint density at radius 1 is 1.14 bits per heavy atom. The molecule has 0 bridgehead atoms. The fourth-order valence-corrected chi connectivity index (χ4v) is 2.67. The number of ether oxygens (including phenoxy) is 1. The number of hydrogen-bond acceptors (Lipinski definition) is 3. The first-order valence-corrected chi connectivity index (χ1v) is 7.30. The second-order valence-corrected chi connectivity index (χ2v) is 5.63. The first-order chi connectivity index (χ1) is 10.2. The largest absolute Gasteiger partial charge is 0.381 e. The van der Waals surface area contributed by atoms with E-state index in [4.69, 9.17) is 10.5 Å². The molecule has 1 fully saturated rings. The highest BCUT2D eigenvalue weighted by molar-refractivity contribution is 5.86. The van der Waals surface area contributed by atoms with E-state index < -0.39 is 5.54 Å². The monoisotopic (exact) mass is 320 g/mol. The molecule has 22 heavy (non-hydrogen) atoms. The third-order valence-electron chi connectivity index (χ3n) is 4.10. The first kappa shape index (κ1) is 16.7. The van der Waals surface area contributed by atoms with Crippen molar-refractivity contribution in [3.63, 3.8) is 0 Å². The van der Waals surface area contributed by atoms with Crippen LogP contribution in [0.1, 0.15) is 18.4 Å². The van der Waals surface area contributed by atoms with E-state index in [0.29, 0.717) is 32.6 Å². The molecule has 0 aliphatic carbocycles. The molecule has 3 rings (SSSR count). The number of nitrogens with one attached hydrogen (secondary N) is 1. The third-order valence-corrected chi connectivity index (χ3v) is 4.10. The second kappa shape index (κ2) is 7.09. The summed E-state index contributed by atoms with van der Waals surface area (Å²) in [5.74, 6) is -0.0843. The molecule has 3 N–H and O–H groups in total.